The number of carbonyl (C=O) groups excluding carboxylic acids is 1. The average molecular weight is 295 g/mol. The Morgan fingerprint density at radius 3 is 2.57 bits per heavy atom. The summed E-state index contributed by atoms with van der Waals surface area (Å²) in [4.78, 5) is 22.6. The van der Waals surface area contributed by atoms with E-state index in [-0.39, 0.29) is 11.4 Å². The summed E-state index contributed by atoms with van der Waals surface area (Å²) in [6.45, 7) is 7.65. The van der Waals surface area contributed by atoms with Crippen molar-refractivity contribution < 1.29 is 14.5 Å². The molecule has 1 unspecified atom stereocenters. The Balaban J connectivity index is 3.03. The molecule has 116 valence electrons. The van der Waals surface area contributed by atoms with Gasteiger partial charge < -0.3 is 15.8 Å². The first-order valence-corrected chi connectivity index (χ1v) is 6.64. The van der Waals surface area contributed by atoms with Gasteiger partial charge in [0.1, 0.15) is 11.4 Å². The minimum atomic E-state index is -0.774. The number of nitro groups is 1. The molecule has 0 aliphatic rings. The van der Waals surface area contributed by atoms with Gasteiger partial charge in [0.15, 0.2) is 0 Å². The van der Waals surface area contributed by atoms with Gasteiger partial charge in [0, 0.05) is 0 Å². The summed E-state index contributed by atoms with van der Waals surface area (Å²) in [6, 6.07) is 3.51. The smallest absolute Gasteiger partial charge is 0.296 e. The van der Waals surface area contributed by atoms with Crippen LogP contribution >= 0.6 is 0 Å². The fraction of sp³-hybridized carbons (Fsp3) is 0.500. The SMILES string of the molecule is CCOc1ccc(NC(=O)C(N)C(C)(C)C)c([N+](=O)[O-])c1. The van der Waals surface area contributed by atoms with E-state index >= 15 is 0 Å². The molecule has 0 saturated carbocycles. The van der Waals surface area contributed by atoms with E-state index in [0.29, 0.717) is 12.4 Å². The molecule has 0 aromatic heterocycles. The quantitative estimate of drug-likeness (QED) is 0.640. The molecule has 3 N–H and O–H groups in total. The third kappa shape index (κ3) is 4.42. The third-order valence-corrected chi connectivity index (χ3v) is 2.95. The van der Waals surface area contributed by atoms with Gasteiger partial charge in [-0.25, -0.2) is 0 Å². The van der Waals surface area contributed by atoms with Gasteiger partial charge in [0.25, 0.3) is 5.69 Å². The van der Waals surface area contributed by atoms with Crippen LogP contribution in [0.25, 0.3) is 0 Å². The highest BCUT2D eigenvalue weighted by Crippen LogP contribution is 2.30. The molecule has 0 radical (unpaired) electrons. The van der Waals surface area contributed by atoms with Crippen LogP contribution in [-0.4, -0.2) is 23.5 Å². The lowest BCUT2D eigenvalue weighted by Gasteiger charge is -2.25. The van der Waals surface area contributed by atoms with Crippen molar-refractivity contribution in [2.45, 2.75) is 33.7 Å². The molecule has 1 atom stereocenters. The highest BCUT2D eigenvalue weighted by atomic mass is 16.6. The van der Waals surface area contributed by atoms with Gasteiger partial charge in [0.05, 0.1) is 23.6 Å². The second-order valence-corrected chi connectivity index (χ2v) is 5.70. The monoisotopic (exact) mass is 295 g/mol. The summed E-state index contributed by atoms with van der Waals surface area (Å²) in [5, 5.41) is 13.6. The van der Waals surface area contributed by atoms with Crippen molar-refractivity contribution in [3.05, 3.63) is 28.3 Å². The number of anilines is 1. The molecule has 7 heteroatoms. The van der Waals surface area contributed by atoms with Gasteiger partial charge in [-0.05, 0) is 24.5 Å². The molecule has 0 heterocycles. The Morgan fingerprint density at radius 1 is 1.48 bits per heavy atom. The van der Waals surface area contributed by atoms with E-state index in [0.717, 1.165) is 0 Å². The Hall–Kier alpha value is -2.15. The maximum atomic E-state index is 12.1. The number of carbonyl (C=O) groups is 1. The van der Waals surface area contributed by atoms with Crippen LogP contribution in [0.5, 0.6) is 5.75 Å². The predicted octanol–water partition coefficient (Wildman–Crippen LogP) is 2.31. The van der Waals surface area contributed by atoms with E-state index in [1.165, 1.54) is 12.1 Å². The Morgan fingerprint density at radius 2 is 2.10 bits per heavy atom. The minimum absolute atomic E-state index is 0.105. The van der Waals surface area contributed by atoms with E-state index < -0.39 is 22.3 Å². The molecule has 0 aliphatic heterocycles. The second-order valence-electron chi connectivity index (χ2n) is 5.70. The number of nitrogens with two attached hydrogens (primary N) is 1. The zero-order chi connectivity index (χ0) is 16.2. The molecule has 1 aromatic rings. The Kier molecular flexibility index (Phi) is 5.26. The second kappa shape index (κ2) is 6.53. The number of hydrogen-bond donors (Lipinski definition) is 2. The molecule has 0 aliphatic carbocycles. The number of rotatable bonds is 5. The molecule has 0 saturated heterocycles. The van der Waals surface area contributed by atoms with Crippen molar-refractivity contribution in [3.63, 3.8) is 0 Å². The number of nitrogens with zero attached hydrogens (tertiary/aromatic N) is 1. The number of amides is 1. The summed E-state index contributed by atoms with van der Waals surface area (Å²) < 4.78 is 5.22. The maximum Gasteiger partial charge on any atom is 0.296 e. The lowest BCUT2D eigenvalue weighted by Crippen LogP contribution is -2.45. The van der Waals surface area contributed by atoms with Crippen molar-refractivity contribution >= 4 is 17.3 Å². The number of ether oxygens (including phenoxy) is 1. The first-order chi connectivity index (χ1) is 9.66. The lowest BCUT2D eigenvalue weighted by atomic mass is 9.87. The van der Waals surface area contributed by atoms with Gasteiger partial charge in [-0.15, -0.1) is 0 Å². The van der Waals surface area contributed by atoms with Gasteiger partial charge in [-0.1, -0.05) is 20.8 Å². The summed E-state index contributed by atoms with van der Waals surface area (Å²) in [5.74, 6) is -0.0860. The van der Waals surface area contributed by atoms with Crippen molar-refractivity contribution in [1.82, 2.24) is 0 Å². The molecule has 1 aromatic carbocycles. The Labute approximate surface area is 123 Å². The number of nitro benzene ring substituents is 1. The van der Waals surface area contributed by atoms with Crippen LogP contribution < -0.4 is 15.8 Å². The van der Waals surface area contributed by atoms with Crippen LogP contribution in [0.2, 0.25) is 0 Å². The van der Waals surface area contributed by atoms with Crippen LogP contribution in [0.1, 0.15) is 27.7 Å². The van der Waals surface area contributed by atoms with Crippen LogP contribution in [0.15, 0.2) is 18.2 Å². The molecule has 0 fully saturated rings. The highest BCUT2D eigenvalue weighted by molar-refractivity contribution is 5.97. The topological polar surface area (TPSA) is 107 Å². The van der Waals surface area contributed by atoms with E-state index in [1.54, 1.807) is 13.0 Å². The van der Waals surface area contributed by atoms with Crippen LogP contribution in [0.4, 0.5) is 11.4 Å². The van der Waals surface area contributed by atoms with Gasteiger partial charge in [0.2, 0.25) is 5.91 Å². The molecule has 21 heavy (non-hydrogen) atoms. The summed E-state index contributed by atoms with van der Waals surface area (Å²) in [7, 11) is 0. The fourth-order valence-electron chi connectivity index (χ4n) is 1.63. The number of benzene rings is 1. The third-order valence-electron chi connectivity index (χ3n) is 2.95. The molecule has 1 rings (SSSR count). The predicted molar refractivity (Wildman–Crippen MR) is 80.3 cm³/mol. The van der Waals surface area contributed by atoms with E-state index in [4.69, 9.17) is 10.5 Å². The summed E-state index contributed by atoms with van der Waals surface area (Å²) >= 11 is 0. The molecule has 7 nitrogen and oxygen atoms in total. The van der Waals surface area contributed by atoms with Crippen LogP contribution in [0, 0.1) is 15.5 Å². The largest absolute Gasteiger partial charge is 0.494 e. The first-order valence-electron chi connectivity index (χ1n) is 6.64. The minimum Gasteiger partial charge on any atom is -0.494 e. The molecule has 1 amide bonds. The summed E-state index contributed by atoms with van der Waals surface area (Å²) in [5.41, 5.74) is 5.28. The molecular weight excluding hydrogens is 274 g/mol. The van der Waals surface area contributed by atoms with Crippen molar-refractivity contribution in [3.8, 4) is 5.75 Å². The highest BCUT2D eigenvalue weighted by Gasteiger charge is 2.29. The van der Waals surface area contributed by atoms with Crippen molar-refractivity contribution in [2.75, 3.05) is 11.9 Å². The number of nitrogens with one attached hydrogen (secondary N) is 1. The van der Waals surface area contributed by atoms with Crippen LogP contribution in [0.3, 0.4) is 0 Å². The first kappa shape index (κ1) is 16.9. The van der Waals surface area contributed by atoms with Gasteiger partial charge in [-0.2, -0.15) is 0 Å². The maximum absolute atomic E-state index is 12.1. The Bertz CT molecular complexity index is 538. The van der Waals surface area contributed by atoms with E-state index in [9.17, 15) is 14.9 Å². The van der Waals surface area contributed by atoms with Gasteiger partial charge in [-0.3, -0.25) is 14.9 Å². The van der Waals surface area contributed by atoms with Crippen LogP contribution in [-0.2, 0) is 4.79 Å². The summed E-state index contributed by atoms with van der Waals surface area (Å²) in [6.07, 6.45) is 0. The number of hydrogen-bond acceptors (Lipinski definition) is 5. The standard InChI is InChI=1S/C14H21N3O4/c1-5-21-9-6-7-10(11(8-9)17(19)20)16-13(18)12(15)14(2,3)4/h6-8,12H,5,15H2,1-4H3,(H,16,18). The van der Waals surface area contributed by atoms with E-state index in [1.807, 2.05) is 20.8 Å². The lowest BCUT2D eigenvalue weighted by molar-refractivity contribution is -0.384. The van der Waals surface area contributed by atoms with E-state index in [2.05, 4.69) is 5.32 Å². The van der Waals surface area contributed by atoms with Crippen molar-refractivity contribution in [2.24, 2.45) is 11.1 Å². The van der Waals surface area contributed by atoms with Crippen molar-refractivity contribution in [1.29, 1.82) is 0 Å². The van der Waals surface area contributed by atoms with Gasteiger partial charge >= 0.3 is 0 Å². The molecule has 0 spiro atoms. The zero-order valence-corrected chi connectivity index (χ0v) is 12.7. The zero-order valence-electron chi connectivity index (χ0n) is 12.7. The fourth-order valence-corrected chi connectivity index (χ4v) is 1.63. The molecular formula is C14H21N3O4. The normalized spacial score (nSPS) is 12.6. The average Bonchev–Trinajstić information content (AvgIpc) is 2.38. The molecule has 0 bridgehead atoms.